The van der Waals surface area contributed by atoms with Crippen molar-refractivity contribution in [2.45, 2.75) is 25.0 Å². The summed E-state index contributed by atoms with van der Waals surface area (Å²) in [6.07, 6.45) is 9.02. The second-order valence-corrected chi connectivity index (χ2v) is 7.27. The average molecular weight is 382 g/mol. The number of carbonyl (C=O) groups excluding carboxylic acids is 1. The Balaban J connectivity index is 1.53. The van der Waals surface area contributed by atoms with Gasteiger partial charge >= 0.3 is 0 Å². The van der Waals surface area contributed by atoms with Crippen molar-refractivity contribution in [2.75, 3.05) is 7.11 Å². The van der Waals surface area contributed by atoms with Crippen LogP contribution in [0.4, 0.5) is 0 Å². The third-order valence-corrected chi connectivity index (χ3v) is 5.34. The van der Waals surface area contributed by atoms with Crippen LogP contribution in [0.15, 0.2) is 66.9 Å². The molecule has 1 saturated carbocycles. The monoisotopic (exact) mass is 382 g/mol. The minimum absolute atomic E-state index is 0.0789. The van der Waals surface area contributed by atoms with Gasteiger partial charge < -0.3 is 10.1 Å². The number of carbonyl (C=O) groups is 1. The fourth-order valence-electron chi connectivity index (χ4n) is 3.54. The van der Waals surface area contributed by atoms with Gasteiger partial charge in [-0.3, -0.25) is 9.78 Å². The molecular weight excluding hydrogens is 360 g/mol. The summed E-state index contributed by atoms with van der Waals surface area (Å²) in [5, 5.41) is 3.21. The standard InChI is InChI=1S/C25H22N2O2/c1-3-18-6-8-20(9-7-18)24(28)27-25(14-15-25)21-12-10-19(11-13-21)22-5-4-16-26-23(22)17-29-2/h1,4-13,16H,14-15,17H2,2H3,(H,27,28). The second-order valence-electron chi connectivity index (χ2n) is 7.27. The molecule has 1 N–H and O–H groups in total. The fourth-order valence-corrected chi connectivity index (χ4v) is 3.54. The molecule has 0 unspecified atom stereocenters. The number of ether oxygens (including phenoxy) is 1. The summed E-state index contributed by atoms with van der Waals surface area (Å²) in [6, 6.07) is 19.4. The number of terminal acetylenes is 1. The van der Waals surface area contributed by atoms with Gasteiger partial charge in [-0.25, -0.2) is 0 Å². The summed E-state index contributed by atoms with van der Waals surface area (Å²) in [6.45, 7) is 0.469. The maximum Gasteiger partial charge on any atom is 0.251 e. The van der Waals surface area contributed by atoms with Crippen LogP contribution in [0.1, 0.15) is 40.0 Å². The van der Waals surface area contributed by atoms with Gasteiger partial charge in [-0.1, -0.05) is 36.3 Å². The van der Waals surface area contributed by atoms with E-state index < -0.39 is 0 Å². The van der Waals surface area contributed by atoms with Crippen LogP contribution in [0.3, 0.4) is 0 Å². The number of rotatable bonds is 6. The van der Waals surface area contributed by atoms with Crippen molar-refractivity contribution in [3.63, 3.8) is 0 Å². The van der Waals surface area contributed by atoms with Crippen molar-refractivity contribution in [2.24, 2.45) is 0 Å². The van der Waals surface area contributed by atoms with Crippen LogP contribution in [0.25, 0.3) is 11.1 Å². The summed E-state index contributed by atoms with van der Waals surface area (Å²) >= 11 is 0. The van der Waals surface area contributed by atoms with Crippen molar-refractivity contribution in [1.29, 1.82) is 0 Å². The summed E-state index contributed by atoms with van der Waals surface area (Å²) in [5.41, 5.74) is 5.27. The molecule has 29 heavy (non-hydrogen) atoms. The van der Waals surface area contributed by atoms with E-state index in [1.807, 2.05) is 12.1 Å². The lowest BCUT2D eigenvalue weighted by Gasteiger charge is -2.19. The number of methoxy groups -OCH3 is 1. The van der Waals surface area contributed by atoms with Crippen LogP contribution < -0.4 is 5.32 Å². The van der Waals surface area contributed by atoms with Gasteiger partial charge in [0.2, 0.25) is 0 Å². The predicted octanol–water partition coefficient (Wildman–Crippen LogP) is 4.30. The highest BCUT2D eigenvalue weighted by molar-refractivity contribution is 5.95. The molecule has 1 aliphatic rings. The quantitative estimate of drug-likeness (QED) is 0.647. The first kappa shape index (κ1) is 18.9. The number of amides is 1. The van der Waals surface area contributed by atoms with Crippen molar-refractivity contribution in [3.05, 3.63) is 89.2 Å². The molecule has 1 heterocycles. The van der Waals surface area contributed by atoms with E-state index in [2.05, 4.69) is 40.5 Å². The Morgan fingerprint density at radius 1 is 1.14 bits per heavy atom. The van der Waals surface area contributed by atoms with Crippen LogP contribution in [0.2, 0.25) is 0 Å². The van der Waals surface area contributed by atoms with E-state index in [0.717, 1.165) is 40.8 Å². The lowest BCUT2D eigenvalue weighted by molar-refractivity contribution is 0.0931. The van der Waals surface area contributed by atoms with Crippen LogP contribution in [0, 0.1) is 12.3 Å². The highest BCUT2D eigenvalue weighted by atomic mass is 16.5. The van der Waals surface area contributed by atoms with Gasteiger partial charge in [0, 0.05) is 30.0 Å². The molecule has 1 fully saturated rings. The number of benzene rings is 2. The van der Waals surface area contributed by atoms with E-state index in [1.54, 1.807) is 37.6 Å². The minimum Gasteiger partial charge on any atom is -0.378 e. The predicted molar refractivity (Wildman–Crippen MR) is 113 cm³/mol. The van der Waals surface area contributed by atoms with Crippen LogP contribution in [-0.4, -0.2) is 18.0 Å². The number of pyridine rings is 1. The van der Waals surface area contributed by atoms with Crippen LogP contribution in [0.5, 0.6) is 0 Å². The maximum atomic E-state index is 12.7. The number of hydrogen-bond donors (Lipinski definition) is 1. The summed E-state index contributed by atoms with van der Waals surface area (Å²) in [4.78, 5) is 17.1. The molecule has 4 nitrogen and oxygen atoms in total. The number of aromatic nitrogens is 1. The van der Waals surface area contributed by atoms with Gasteiger partial charge in [-0.2, -0.15) is 0 Å². The molecule has 4 rings (SSSR count). The van der Waals surface area contributed by atoms with E-state index in [0.29, 0.717) is 12.2 Å². The molecule has 0 atom stereocenters. The van der Waals surface area contributed by atoms with Crippen molar-refractivity contribution >= 4 is 5.91 Å². The van der Waals surface area contributed by atoms with E-state index in [4.69, 9.17) is 11.2 Å². The van der Waals surface area contributed by atoms with Gasteiger partial charge in [-0.05, 0) is 54.3 Å². The Morgan fingerprint density at radius 2 is 1.86 bits per heavy atom. The molecule has 1 amide bonds. The van der Waals surface area contributed by atoms with E-state index in [1.165, 1.54) is 0 Å². The van der Waals surface area contributed by atoms with Gasteiger partial charge in [0.15, 0.2) is 0 Å². The molecule has 0 radical (unpaired) electrons. The third kappa shape index (κ3) is 3.91. The Kier molecular flexibility index (Phi) is 5.16. The molecule has 1 aromatic heterocycles. The maximum absolute atomic E-state index is 12.7. The van der Waals surface area contributed by atoms with E-state index in [9.17, 15) is 4.79 Å². The summed E-state index contributed by atoms with van der Waals surface area (Å²) in [5.74, 6) is 2.49. The van der Waals surface area contributed by atoms with Crippen molar-refractivity contribution in [1.82, 2.24) is 10.3 Å². The third-order valence-electron chi connectivity index (χ3n) is 5.34. The van der Waals surface area contributed by atoms with Gasteiger partial charge in [0.05, 0.1) is 17.8 Å². The zero-order valence-corrected chi connectivity index (χ0v) is 16.3. The SMILES string of the molecule is C#Cc1ccc(C(=O)NC2(c3ccc(-c4cccnc4COC)cc3)CC2)cc1. The zero-order chi connectivity index (χ0) is 20.3. The first-order valence-corrected chi connectivity index (χ1v) is 9.58. The molecular formula is C25H22N2O2. The Morgan fingerprint density at radius 3 is 2.48 bits per heavy atom. The molecule has 3 aromatic rings. The van der Waals surface area contributed by atoms with Gasteiger partial charge in [-0.15, -0.1) is 6.42 Å². The van der Waals surface area contributed by atoms with Crippen LogP contribution in [-0.2, 0) is 16.9 Å². The lowest BCUT2D eigenvalue weighted by atomic mass is 9.98. The molecule has 0 saturated heterocycles. The largest absolute Gasteiger partial charge is 0.378 e. The molecule has 4 heteroatoms. The van der Waals surface area contributed by atoms with Gasteiger partial charge in [0.25, 0.3) is 5.91 Å². The highest BCUT2D eigenvalue weighted by Gasteiger charge is 2.45. The van der Waals surface area contributed by atoms with E-state index >= 15 is 0 Å². The Bertz CT molecular complexity index is 1060. The second kappa shape index (κ2) is 7.90. The van der Waals surface area contributed by atoms with Gasteiger partial charge in [0.1, 0.15) is 0 Å². The molecule has 0 bridgehead atoms. The van der Waals surface area contributed by atoms with Crippen LogP contribution >= 0.6 is 0 Å². The Labute approximate surface area is 171 Å². The van der Waals surface area contributed by atoms with E-state index in [-0.39, 0.29) is 11.4 Å². The summed E-state index contributed by atoms with van der Waals surface area (Å²) < 4.78 is 5.26. The molecule has 1 aliphatic carbocycles. The lowest BCUT2D eigenvalue weighted by Crippen LogP contribution is -2.34. The Hall–Kier alpha value is -3.42. The first-order chi connectivity index (χ1) is 14.1. The molecule has 0 spiro atoms. The topological polar surface area (TPSA) is 51.2 Å². The summed E-state index contributed by atoms with van der Waals surface area (Å²) in [7, 11) is 1.67. The average Bonchev–Trinajstić information content (AvgIpc) is 3.55. The smallest absolute Gasteiger partial charge is 0.251 e. The number of hydrogen-bond acceptors (Lipinski definition) is 3. The zero-order valence-electron chi connectivity index (χ0n) is 16.3. The molecule has 0 aliphatic heterocycles. The number of nitrogens with zero attached hydrogens (tertiary/aromatic N) is 1. The normalized spacial score (nSPS) is 14.1. The number of nitrogens with one attached hydrogen (secondary N) is 1. The highest BCUT2D eigenvalue weighted by Crippen LogP contribution is 2.46. The first-order valence-electron chi connectivity index (χ1n) is 9.58. The fraction of sp³-hybridized carbons (Fsp3) is 0.200. The molecule has 2 aromatic carbocycles. The van der Waals surface area contributed by atoms with Crippen molar-refractivity contribution in [3.8, 4) is 23.5 Å². The van der Waals surface area contributed by atoms with Crippen molar-refractivity contribution < 1.29 is 9.53 Å². The molecule has 144 valence electrons. The minimum atomic E-state index is -0.287.